The van der Waals surface area contributed by atoms with Crippen LogP contribution in [0.1, 0.15) is 5.56 Å². The first kappa shape index (κ1) is 19.0. The molecule has 4 rings (SSSR count). The standard InChI is InChI=1S/C21H15ClN2O2S2/c22-18-7-5-15(6-8-18)19-20(16-9-11-23-12-10-16)27-21(24-19)17-3-1-14(2-4-17)13-28(25)26/h1-12H,13H2,(H,25,26). The summed E-state index contributed by atoms with van der Waals surface area (Å²) in [5.41, 5.74) is 4.71. The highest BCUT2D eigenvalue weighted by atomic mass is 35.5. The topological polar surface area (TPSA) is 63.1 Å². The molecule has 1 atom stereocenters. The molecule has 28 heavy (non-hydrogen) atoms. The maximum Gasteiger partial charge on any atom is 0.157 e. The lowest BCUT2D eigenvalue weighted by molar-refractivity contribution is 0.563. The first-order valence-corrected chi connectivity index (χ1v) is 10.9. The van der Waals surface area contributed by atoms with Crippen molar-refractivity contribution in [1.29, 1.82) is 0 Å². The van der Waals surface area contributed by atoms with Gasteiger partial charge in [0.25, 0.3) is 0 Å². The lowest BCUT2D eigenvalue weighted by Crippen LogP contribution is -1.92. The number of thiazole rings is 1. The Kier molecular flexibility index (Phi) is 5.64. The van der Waals surface area contributed by atoms with Gasteiger partial charge in [-0.05, 0) is 35.4 Å². The molecule has 2 heterocycles. The smallest absolute Gasteiger partial charge is 0.157 e. The summed E-state index contributed by atoms with van der Waals surface area (Å²) in [6, 6.07) is 19.2. The van der Waals surface area contributed by atoms with Crippen LogP contribution in [0.2, 0.25) is 5.02 Å². The van der Waals surface area contributed by atoms with E-state index >= 15 is 0 Å². The van der Waals surface area contributed by atoms with E-state index in [-0.39, 0.29) is 5.75 Å². The van der Waals surface area contributed by atoms with Gasteiger partial charge in [0, 0.05) is 28.5 Å². The molecule has 1 N–H and O–H groups in total. The molecule has 7 heteroatoms. The molecule has 140 valence electrons. The minimum atomic E-state index is -1.85. The Morgan fingerprint density at radius 1 is 0.893 bits per heavy atom. The minimum absolute atomic E-state index is 0.121. The lowest BCUT2D eigenvalue weighted by Gasteiger charge is -2.02. The summed E-state index contributed by atoms with van der Waals surface area (Å²) in [6.45, 7) is 0. The van der Waals surface area contributed by atoms with E-state index in [1.807, 2.05) is 60.7 Å². The van der Waals surface area contributed by atoms with E-state index in [9.17, 15) is 4.21 Å². The van der Waals surface area contributed by atoms with Gasteiger partial charge in [0.1, 0.15) is 5.01 Å². The molecule has 0 radical (unpaired) electrons. The van der Waals surface area contributed by atoms with Gasteiger partial charge in [-0.25, -0.2) is 9.19 Å². The van der Waals surface area contributed by atoms with Crippen molar-refractivity contribution in [1.82, 2.24) is 9.97 Å². The minimum Gasteiger partial charge on any atom is -0.306 e. The number of pyridine rings is 1. The van der Waals surface area contributed by atoms with Gasteiger partial charge in [-0.15, -0.1) is 11.3 Å². The first-order chi connectivity index (χ1) is 13.6. The monoisotopic (exact) mass is 426 g/mol. The fourth-order valence-electron chi connectivity index (χ4n) is 2.83. The van der Waals surface area contributed by atoms with Crippen molar-refractivity contribution >= 4 is 34.0 Å². The van der Waals surface area contributed by atoms with Gasteiger partial charge in [0.2, 0.25) is 0 Å². The Balaban J connectivity index is 1.79. The quantitative estimate of drug-likeness (QED) is 0.402. The second-order valence-corrected chi connectivity index (χ2v) is 8.47. The highest BCUT2D eigenvalue weighted by Gasteiger charge is 2.16. The van der Waals surface area contributed by atoms with Crippen LogP contribution in [0.3, 0.4) is 0 Å². The number of hydrogen-bond acceptors (Lipinski definition) is 4. The Hall–Kier alpha value is -2.38. The number of halogens is 1. The zero-order chi connectivity index (χ0) is 19.5. The largest absolute Gasteiger partial charge is 0.306 e. The number of benzene rings is 2. The molecule has 0 saturated carbocycles. The van der Waals surface area contributed by atoms with E-state index in [0.717, 1.165) is 37.8 Å². The molecule has 1 unspecified atom stereocenters. The number of hydrogen-bond donors (Lipinski definition) is 1. The van der Waals surface area contributed by atoms with E-state index in [1.54, 1.807) is 23.7 Å². The molecule has 0 aliphatic heterocycles. The van der Waals surface area contributed by atoms with E-state index < -0.39 is 11.1 Å². The third kappa shape index (κ3) is 4.20. The average Bonchev–Trinajstić information content (AvgIpc) is 3.15. The summed E-state index contributed by atoms with van der Waals surface area (Å²) >= 11 is 5.80. The molecule has 0 aliphatic rings. The Morgan fingerprint density at radius 3 is 2.18 bits per heavy atom. The van der Waals surface area contributed by atoms with Crippen LogP contribution in [0.25, 0.3) is 32.3 Å². The van der Waals surface area contributed by atoms with Crippen molar-refractivity contribution < 1.29 is 8.76 Å². The highest BCUT2D eigenvalue weighted by molar-refractivity contribution is 7.78. The van der Waals surface area contributed by atoms with Crippen molar-refractivity contribution in [2.24, 2.45) is 0 Å². The average molecular weight is 427 g/mol. The van der Waals surface area contributed by atoms with Gasteiger partial charge in [0.15, 0.2) is 11.1 Å². The van der Waals surface area contributed by atoms with E-state index in [1.165, 1.54) is 0 Å². The highest BCUT2D eigenvalue weighted by Crippen LogP contribution is 2.40. The molecule has 2 aromatic carbocycles. The van der Waals surface area contributed by atoms with Gasteiger partial charge in [-0.2, -0.15) is 0 Å². The van der Waals surface area contributed by atoms with Crippen LogP contribution in [0.4, 0.5) is 0 Å². The van der Waals surface area contributed by atoms with Crippen LogP contribution < -0.4 is 0 Å². The summed E-state index contributed by atoms with van der Waals surface area (Å²) in [5, 5.41) is 1.56. The van der Waals surface area contributed by atoms with Gasteiger partial charge in [-0.3, -0.25) is 4.98 Å². The van der Waals surface area contributed by atoms with Gasteiger partial charge in [-0.1, -0.05) is 48.0 Å². The van der Waals surface area contributed by atoms with Crippen molar-refractivity contribution in [3.05, 3.63) is 83.6 Å². The number of aromatic nitrogens is 2. The van der Waals surface area contributed by atoms with Crippen molar-refractivity contribution in [3.63, 3.8) is 0 Å². The lowest BCUT2D eigenvalue weighted by atomic mass is 10.1. The Morgan fingerprint density at radius 2 is 1.54 bits per heavy atom. The molecule has 0 aliphatic carbocycles. The van der Waals surface area contributed by atoms with Crippen LogP contribution in [0.15, 0.2) is 73.1 Å². The van der Waals surface area contributed by atoms with E-state index in [4.69, 9.17) is 21.1 Å². The molecule has 0 amide bonds. The van der Waals surface area contributed by atoms with Gasteiger partial charge >= 0.3 is 0 Å². The molecule has 0 saturated heterocycles. The normalized spacial score (nSPS) is 12.1. The molecule has 0 bridgehead atoms. The fraction of sp³-hybridized carbons (Fsp3) is 0.0476. The number of rotatable bonds is 5. The summed E-state index contributed by atoms with van der Waals surface area (Å²) in [6.07, 6.45) is 3.54. The first-order valence-electron chi connectivity index (χ1n) is 8.44. The Bertz CT molecular complexity index is 1110. The summed E-state index contributed by atoms with van der Waals surface area (Å²) in [7, 11) is 0. The van der Waals surface area contributed by atoms with Crippen LogP contribution in [0.5, 0.6) is 0 Å². The molecule has 2 aromatic heterocycles. The predicted octanol–water partition coefficient (Wildman–Crippen LogP) is 5.91. The maximum absolute atomic E-state index is 11.0. The Labute approximate surface area is 174 Å². The fourth-order valence-corrected chi connectivity index (χ4v) is 4.53. The molecule has 4 nitrogen and oxygen atoms in total. The third-order valence-corrected chi connectivity index (χ3v) is 6.16. The summed E-state index contributed by atoms with van der Waals surface area (Å²) < 4.78 is 20.0. The zero-order valence-corrected chi connectivity index (χ0v) is 17.0. The molecule has 0 fully saturated rings. The van der Waals surface area contributed by atoms with Gasteiger partial charge in [0.05, 0.1) is 16.3 Å². The number of nitrogens with zero attached hydrogens (tertiary/aromatic N) is 2. The van der Waals surface area contributed by atoms with Crippen molar-refractivity contribution in [2.75, 3.05) is 0 Å². The third-order valence-electron chi connectivity index (χ3n) is 4.18. The summed E-state index contributed by atoms with van der Waals surface area (Å²) in [4.78, 5) is 10.1. The van der Waals surface area contributed by atoms with Crippen molar-refractivity contribution in [3.8, 4) is 32.3 Å². The van der Waals surface area contributed by atoms with Crippen LogP contribution in [-0.2, 0) is 16.8 Å². The van der Waals surface area contributed by atoms with E-state index in [0.29, 0.717) is 5.02 Å². The second-order valence-electron chi connectivity index (χ2n) is 6.10. The molecule has 0 spiro atoms. The van der Waals surface area contributed by atoms with Crippen molar-refractivity contribution in [2.45, 2.75) is 5.75 Å². The predicted molar refractivity (Wildman–Crippen MR) is 116 cm³/mol. The summed E-state index contributed by atoms with van der Waals surface area (Å²) in [5.74, 6) is 0.121. The van der Waals surface area contributed by atoms with E-state index in [2.05, 4.69) is 4.98 Å². The molecular formula is C21H15ClN2O2S2. The zero-order valence-electron chi connectivity index (χ0n) is 14.6. The van der Waals surface area contributed by atoms with Crippen LogP contribution in [0, 0.1) is 0 Å². The maximum atomic E-state index is 11.0. The van der Waals surface area contributed by atoms with Crippen LogP contribution in [-0.4, -0.2) is 18.7 Å². The van der Waals surface area contributed by atoms with Crippen LogP contribution >= 0.6 is 22.9 Å². The molecule has 4 aromatic rings. The molecular weight excluding hydrogens is 412 g/mol. The second kappa shape index (κ2) is 8.32. The van der Waals surface area contributed by atoms with Gasteiger partial charge < -0.3 is 4.55 Å². The SMILES string of the molecule is O=S(O)Cc1ccc(-c2nc(-c3ccc(Cl)cc3)c(-c3ccncc3)s2)cc1.